The summed E-state index contributed by atoms with van der Waals surface area (Å²) in [5.74, 6) is 0.475. The van der Waals surface area contributed by atoms with E-state index >= 15 is 0 Å². The number of allylic oxidation sites excluding steroid dienone is 1. The van der Waals surface area contributed by atoms with Gasteiger partial charge in [-0.2, -0.15) is 0 Å². The van der Waals surface area contributed by atoms with Crippen molar-refractivity contribution in [2.45, 2.75) is 25.7 Å². The average Bonchev–Trinajstić information content (AvgIpc) is 2.36. The van der Waals surface area contributed by atoms with Crippen LogP contribution in [-0.4, -0.2) is 10.9 Å². The Morgan fingerprint density at radius 3 is 3.20 bits per heavy atom. The minimum absolute atomic E-state index is 0.475. The van der Waals surface area contributed by atoms with E-state index in [-0.39, 0.29) is 0 Å². The zero-order chi connectivity index (χ0) is 7.40. The molecule has 10 heavy (non-hydrogen) atoms. The Bertz CT molecular complexity index is 151. The molecule has 1 fully saturated rings. The fraction of sp³-hybridized carbons (Fsp3) is 0.625. The topological polar surface area (TPSA) is 32.6 Å². The zero-order valence-corrected chi connectivity index (χ0v) is 6.08. The van der Waals surface area contributed by atoms with Crippen molar-refractivity contribution in [3.05, 3.63) is 12.7 Å². The van der Waals surface area contributed by atoms with Crippen LogP contribution in [0.4, 0.5) is 0 Å². The van der Waals surface area contributed by atoms with Crippen LogP contribution in [0.1, 0.15) is 25.7 Å². The summed E-state index contributed by atoms with van der Waals surface area (Å²) in [5.41, 5.74) is 0.958. The van der Waals surface area contributed by atoms with Crippen molar-refractivity contribution >= 4 is 5.71 Å². The van der Waals surface area contributed by atoms with Gasteiger partial charge in [-0.15, -0.1) is 6.58 Å². The molecule has 2 heteroatoms. The third kappa shape index (κ3) is 1.38. The summed E-state index contributed by atoms with van der Waals surface area (Å²) < 4.78 is 0. The number of nitrogens with zero attached hydrogens (tertiary/aromatic N) is 1. The fourth-order valence-corrected chi connectivity index (χ4v) is 1.49. The van der Waals surface area contributed by atoms with Crippen molar-refractivity contribution in [1.82, 2.24) is 0 Å². The maximum Gasteiger partial charge on any atom is 0.0604 e. The van der Waals surface area contributed by atoms with Gasteiger partial charge in [0, 0.05) is 5.92 Å². The Morgan fingerprint density at radius 2 is 2.60 bits per heavy atom. The first-order valence-corrected chi connectivity index (χ1v) is 3.70. The van der Waals surface area contributed by atoms with Gasteiger partial charge in [0.2, 0.25) is 0 Å². The highest BCUT2D eigenvalue weighted by atomic mass is 16.4. The SMILES string of the molecule is C=CCC1CCC/C1=N/O. The molecular weight excluding hydrogens is 126 g/mol. The predicted molar refractivity (Wildman–Crippen MR) is 41.4 cm³/mol. The highest BCUT2D eigenvalue weighted by Crippen LogP contribution is 2.25. The lowest BCUT2D eigenvalue weighted by Gasteiger charge is -2.03. The summed E-state index contributed by atoms with van der Waals surface area (Å²) in [4.78, 5) is 0. The third-order valence-corrected chi connectivity index (χ3v) is 2.04. The van der Waals surface area contributed by atoms with Crippen LogP contribution in [0.5, 0.6) is 0 Å². The number of oxime groups is 1. The molecule has 0 spiro atoms. The van der Waals surface area contributed by atoms with E-state index < -0.39 is 0 Å². The lowest BCUT2D eigenvalue weighted by atomic mass is 10.0. The van der Waals surface area contributed by atoms with Crippen molar-refractivity contribution in [1.29, 1.82) is 0 Å². The molecule has 1 atom stereocenters. The van der Waals surface area contributed by atoms with Gasteiger partial charge in [0.15, 0.2) is 0 Å². The second-order valence-electron chi connectivity index (χ2n) is 2.70. The van der Waals surface area contributed by atoms with E-state index in [1.165, 1.54) is 0 Å². The molecule has 1 aliphatic rings. The first-order chi connectivity index (χ1) is 4.88. The maximum atomic E-state index is 8.52. The molecular formula is C8H13NO. The quantitative estimate of drug-likeness (QED) is 0.355. The highest BCUT2D eigenvalue weighted by molar-refractivity contribution is 5.88. The van der Waals surface area contributed by atoms with Gasteiger partial charge in [-0.1, -0.05) is 11.2 Å². The summed E-state index contributed by atoms with van der Waals surface area (Å²) in [7, 11) is 0. The molecule has 56 valence electrons. The molecule has 1 rings (SSSR count). The van der Waals surface area contributed by atoms with Crippen LogP contribution in [0.25, 0.3) is 0 Å². The molecule has 0 saturated heterocycles. The van der Waals surface area contributed by atoms with Gasteiger partial charge in [0.05, 0.1) is 5.71 Å². The third-order valence-electron chi connectivity index (χ3n) is 2.04. The Morgan fingerprint density at radius 1 is 1.80 bits per heavy atom. The van der Waals surface area contributed by atoms with Gasteiger partial charge in [0.1, 0.15) is 0 Å². The molecule has 1 aliphatic carbocycles. The van der Waals surface area contributed by atoms with Crippen molar-refractivity contribution in [2.75, 3.05) is 0 Å². The van der Waals surface area contributed by atoms with Crippen LogP contribution in [0.15, 0.2) is 17.8 Å². The van der Waals surface area contributed by atoms with Crippen LogP contribution in [-0.2, 0) is 0 Å². The van der Waals surface area contributed by atoms with Gasteiger partial charge in [-0.3, -0.25) is 0 Å². The summed E-state index contributed by atoms with van der Waals surface area (Å²) in [6.45, 7) is 3.66. The molecule has 0 amide bonds. The minimum atomic E-state index is 0.475. The molecule has 1 saturated carbocycles. The van der Waals surface area contributed by atoms with Gasteiger partial charge < -0.3 is 5.21 Å². The Labute approximate surface area is 61.2 Å². The largest absolute Gasteiger partial charge is 0.411 e. The van der Waals surface area contributed by atoms with Crippen molar-refractivity contribution in [3.63, 3.8) is 0 Å². The normalized spacial score (nSPS) is 29.2. The monoisotopic (exact) mass is 139 g/mol. The molecule has 0 radical (unpaired) electrons. The van der Waals surface area contributed by atoms with E-state index in [0.717, 1.165) is 31.4 Å². The first-order valence-electron chi connectivity index (χ1n) is 3.70. The molecule has 0 aromatic heterocycles. The summed E-state index contributed by atoms with van der Waals surface area (Å²) >= 11 is 0. The molecule has 0 bridgehead atoms. The summed E-state index contributed by atoms with van der Waals surface area (Å²) in [6.07, 6.45) is 6.14. The minimum Gasteiger partial charge on any atom is -0.411 e. The van der Waals surface area contributed by atoms with Crippen LogP contribution in [0.2, 0.25) is 0 Å². The Kier molecular flexibility index (Phi) is 2.49. The van der Waals surface area contributed by atoms with E-state index in [9.17, 15) is 0 Å². The van der Waals surface area contributed by atoms with Crippen molar-refractivity contribution in [3.8, 4) is 0 Å². The predicted octanol–water partition coefficient (Wildman–Crippen LogP) is 2.19. The van der Waals surface area contributed by atoms with Crippen LogP contribution in [0.3, 0.4) is 0 Å². The number of rotatable bonds is 2. The average molecular weight is 139 g/mol. The molecule has 0 aromatic rings. The molecule has 0 aliphatic heterocycles. The lowest BCUT2D eigenvalue weighted by Crippen LogP contribution is -2.04. The second-order valence-corrected chi connectivity index (χ2v) is 2.70. The van der Waals surface area contributed by atoms with Gasteiger partial charge >= 0.3 is 0 Å². The van der Waals surface area contributed by atoms with E-state index in [1.54, 1.807) is 0 Å². The van der Waals surface area contributed by atoms with Crippen molar-refractivity contribution < 1.29 is 5.21 Å². The molecule has 1 N–H and O–H groups in total. The zero-order valence-electron chi connectivity index (χ0n) is 6.08. The highest BCUT2D eigenvalue weighted by Gasteiger charge is 2.21. The first kappa shape index (κ1) is 7.32. The van der Waals surface area contributed by atoms with E-state index in [4.69, 9.17) is 5.21 Å². The summed E-state index contributed by atoms with van der Waals surface area (Å²) in [5, 5.41) is 11.8. The van der Waals surface area contributed by atoms with E-state index in [0.29, 0.717) is 5.92 Å². The van der Waals surface area contributed by atoms with Crippen molar-refractivity contribution in [2.24, 2.45) is 11.1 Å². The van der Waals surface area contributed by atoms with Crippen LogP contribution in [0, 0.1) is 5.92 Å². The Balaban J connectivity index is 2.50. The molecule has 0 aromatic carbocycles. The van der Waals surface area contributed by atoms with Crippen LogP contribution < -0.4 is 0 Å². The number of hydrogen-bond acceptors (Lipinski definition) is 2. The smallest absolute Gasteiger partial charge is 0.0604 e. The van der Waals surface area contributed by atoms with Gasteiger partial charge in [0.25, 0.3) is 0 Å². The standard InChI is InChI=1S/C8H13NO/c1-2-4-7-5-3-6-8(7)9-10/h2,7,10H,1,3-6H2/b9-8-. The number of hydrogen-bond donors (Lipinski definition) is 1. The summed E-state index contributed by atoms with van der Waals surface area (Å²) in [6, 6.07) is 0. The van der Waals surface area contributed by atoms with Gasteiger partial charge in [-0.05, 0) is 25.7 Å². The Hall–Kier alpha value is -0.790. The van der Waals surface area contributed by atoms with Crippen LogP contribution >= 0.6 is 0 Å². The fourth-order valence-electron chi connectivity index (χ4n) is 1.49. The maximum absolute atomic E-state index is 8.52. The van der Waals surface area contributed by atoms with E-state index in [2.05, 4.69) is 11.7 Å². The second kappa shape index (κ2) is 3.40. The molecule has 0 heterocycles. The molecule has 1 unspecified atom stereocenters. The van der Waals surface area contributed by atoms with E-state index in [1.807, 2.05) is 6.08 Å². The molecule has 2 nitrogen and oxygen atoms in total. The van der Waals surface area contributed by atoms with Gasteiger partial charge in [-0.25, -0.2) is 0 Å². The lowest BCUT2D eigenvalue weighted by molar-refractivity contribution is 0.315.